The largest absolute Gasteiger partial charge is 0.360 e. The number of nitrogens with one attached hydrogen (secondary N) is 1. The van der Waals surface area contributed by atoms with Gasteiger partial charge in [-0.3, -0.25) is 4.79 Å². The molecule has 1 unspecified atom stereocenters. The molecular weight excluding hydrogens is 379 g/mol. The monoisotopic (exact) mass is 396 g/mol. The van der Waals surface area contributed by atoms with Crippen LogP contribution in [-0.4, -0.2) is 14.8 Å². The lowest BCUT2D eigenvalue weighted by molar-refractivity contribution is 0.565. The van der Waals surface area contributed by atoms with E-state index in [1.807, 2.05) is 66.7 Å². The number of rotatable bonds is 3. The van der Waals surface area contributed by atoms with Crippen LogP contribution in [0.4, 0.5) is 10.1 Å². The van der Waals surface area contributed by atoms with Gasteiger partial charge in [0.25, 0.3) is 5.56 Å². The van der Waals surface area contributed by atoms with E-state index in [4.69, 9.17) is 0 Å². The molecule has 1 aliphatic heterocycles. The highest BCUT2D eigenvalue weighted by atomic mass is 19.1. The maximum atomic E-state index is 13.3. The van der Waals surface area contributed by atoms with Crippen molar-refractivity contribution in [3.8, 4) is 22.6 Å². The topological polar surface area (TPSA) is 59.8 Å². The molecule has 5 rings (SSSR count). The summed E-state index contributed by atoms with van der Waals surface area (Å²) in [6, 6.07) is 23.3. The van der Waals surface area contributed by atoms with Gasteiger partial charge in [-0.2, -0.15) is 10.1 Å². The number of para-hydroxylation sites is 1. The van der Waals surface area contributed by atoms with Crippen molar-refractivity contribution >= 4 is 11.8 Å². The van der Waals surface area contributed by atoms with Gasteiger partial charge in [-0.05, 0) is 48.0 Å². The molecule has 2 heterocycles. The zero-order valence-corrected chi connectivity index (χ0v) is 15.9. The quantitative estimate of drug-likeness (QED) is 0.543. The second-order valence-corrected chi connectivity index (χ2v) is 6.95. The molecule has 3 aromatic carbocycles. The van der Waals surface area contributed by atoms with Crippen molar-refractivity contribution < 1.29 is 4.39 Å². The third-order valence-electron chi connectivity index (χ3n) is 4.96. The molecule has 30 heavy (non-hydrogen) atoms. The van der Waals surface area contributed by atoms with Crippen LogP contribution in [0.15, 0.2) is 89.7 Å². The van der Waals surface area contributed by atoms with Gasteiger partial charge in [0, 0.05) is 16.8 Å². The van der Waals surface area contributed by atoms with Crippen LogP contribution in [-0.2, 0) is 0 Å². The Bertz CT molecular complexity index is 1300. The van der Waals surface area contributed by atoms with Crippen molar-refractivity contribution in [1.82, 2.24) is 14.8 Å². The molecule has 0 amide bonds. The first-order chi connectivity index (χ1) is 14.7. The van der Waals surface area contributed by atoms with Crippen molar-refractivity contribution in [2.45, 2.75) is 6.17 Å². The van der Waals surface area contributed by atoms with Gasteiger partial charge in [0.1, 0.15) is 12.0 Å². The van der Waals surface area contributed by atoms with Crippen LogP contribution in [0.1, 0.15) is 11.7 Å². The summed E-state index contributed by atoms with van der Waals surface area (Å²) in [5.74, 6) is 0.118. The fourth-order valence-corrected chi connectivity index (χ4v) is 3.49. The summed E-state index contributed by atoms with van der Waals surface area (Å²) in [5.41, 5.74) is 2.98. The number of hydrogen-bond donors (Lipinski definition) is 1. The van der Waals surface area contributed by atoms with E-state index in [9.17, 15) is 9.18 Å². The standard InChI is InChI=1S/C24H17FN4O/c25-18-13-11-17(12-14-18)22-24(30)27-23-19-8-4-5-9-20(19)26-21(29(23)28-22)15-10-16-6-2-1-3-7-16/h1-15,21,26H. The minimum absolute atomic E-state index is 0.179. The maximum absolute atomic E-state index is 13.3. The molecule has 0 saturated carbocycles. The second kappa shape index (κ2) is 7.40. The Balaban J connectivity index is 1.65. The summed E-state index contributed by atoms with van der Waals surface area (Å²) in [6.07, 6.45) is 3.62. The molecule has 0 fully saturated rings. The fraction of sp³-hybridized carbons (Fsp3) is 0.0417. The van der Waals surface area contributed by atoms with Crippen LogP contribution < -0.4 is 10.9 Å². The average Bonchev–Trinajstić information content (AvgIpc) is 2.78. The van der Waals surface area contributed by atoms with Crippen LogP contribution in [0.3, 0.4) is 0 Å². The molecule has 4 aromatic rings. The summed E-state index contributed by atoms with van der Waals surface area (Å²) >= 11 is 0. The van der Waals surface area contributed by atoms with Crippen LogP contribution in [0.2, 0.25) is 0 Å². The lowest BCUT2D eigenvalue weighted by Gasteiger charge is -2.28. The number of aromatic nitrogens is 3. The first-order valence-electron chi connectivity index (χ1n) is 9.55. The lowest BCUT2D eigenvalue weighted by Crippen LogP contribution is -2.30. The van der Waals surface area contributed by atoms with E-state index in [0.717, 1.165) is 16.8 Å². The van der Waals surface area contributed by atoms with E-state index >= 15 is 0 Å². The van der Waals surface area contributed by atoms with Crippen molar-refractivity contribution in [2.24, 2.45) is 0 Å². The van der Waals surface area contributed by atoms with Crippen molar-refractivity contribution in [2.75, 3.05) is 5.32 Å². The zero-order chi connectivity index (χ0) is 20.5. The number of halogens is 1. The van der Waals surface area contributed by atoms with Crippen LogP contribution in [0.5, 0.6) is 0 Å². The predicted molar refractivity (Wildman–Crippen MR) is 115 cm³/mol. The molecule has 1 aliphatic rings. The lowest BCUT2D eigenvalue weighted by atomic mass is 10.1. The van der Waals surface area contributed by atoms with Gasteiger partial charge in [-0.15, -0.1) is 0 Å². The van der Waals surface area contributed by atoms with E-state index in [1.54, 1.807) is 4.68 Å². The number of hydrogen-bond acceptors (Lipinski definition) is 4. The predicted octanol–water partition coefficient (Wildman–Crippen LogP) is 4.75. The Morgan fingerprint density at radius 2 is 1.67 bits per heavy atom. The summed E-state index contributed by atoms with van der Waals surface area (Å²) in [7, 11) is 0. The molecular formula is C24H17FN4O. The number of benzene rings is 3. The highest BCUT2D eigenvalue weighted by molar-refractivity contribution is 5.76. The number of anilines is 1. The normalized spacial score (nSPS) is 14.8. The van der Waals surface area contributed by atoms with Gasteiger partial charge >= 0.3 is 0 Å². The molecule has 146 valence electrons. The summed E-state index contributed by atoms with van der Waals surface area (Å²) in [5, 5.41) is 8.05. The maximum Gasteiger partial charge on any atom is 0.300 e. The molecule has 0 aliphatic carbocycles. The van der Waals surface area contributed by atoms with Crippen molar-refractivity contribution in [1.29, 1.82) is 0 Å². The Morgan fingerprint density at radius 3 is 2.47 bits per heavy atom. The van der Waals surface area contributed by atoms with Crippen LogP contribution in [0, 0.1) is 5.82 Å². The summed E-state index contributed by atoms with van der Waals surface area (Å²) in [4.78, 5) is 17.1. The molecule has 0 radical (unpaired) electrons. The molecule has 0 bridgehead atoms. The SMILES string of the molecule is O=c1nc2n(nc1-c1ccc(F)cc1)C(C=Cc1ccccc1)Nc1ccccc1-2. The minimum atomic E-state index is -0.449. The minimum Gasteiger partial charge on any atom is -0.360 e. The Labute approximate surface area is 172 Å². The van der Waals surface area contributed by atoms with Crippen molar-refractivity contribution in [3.63, 3.8) is 0 Å². The van der Waals surface area contributed by atoms with E-state index in [-0.39, 0.29) is 17.7 Å². The van der Waals surface area contributed by atoms with Gasteiger partial charge in [0.15, 0.2) is 11.5 Å². The fourth-order valence-electron chi connectivity index (χ4n) is 3.49. The third kappa shape index (κ3) is 3.28. The average molecular weight is 396 g/mol. The second-order valence-electron chi connectivity index (χ2n) is 6.95. The molecule has 1 N–H and O–H groups in total. The first kappa shape index (κ1) is 18.0. The highest BCUT2D eigenvalue weighted by Crippen LogP contribution is 2.34. The number of fused-ring (bicyclic) bond motifs is 3. The van der Waals surface area contributed by atoms with Crippen LogP contribution >= 0.6 is 0 Å². The van der Waals surface area contributed by atoms with E-state index in [0.29, 0.717) is 11.4 Å². The van der Waals surface area contributed by atoms with E-state index in [1.165, 1.54) is 24.3 Å². The van der Waals surface area contributed by atoms with Gasteiger partial charge < -0.3 is 5.32 Å². The molecule has 1 atom stereocenters. The number of nitrogens with zero attached hydrogens (tertiary/aromatic N) is 3. The summed E-state index contributed by atoms with van der Waals surface area (Å²) < 4.78 is 15.0. The molecule has 0 spiro atoms. The van der Waals surface area contributed by atoms with E-state index < -0.39 is 5.56 Å². The highest BCUT2D eigenvalue weighted by Gasteiger charge is 2.25. The zero-order valence-electron chi connectivity index (χ0n) is 15.9. The smallest absolute Gasteiger partial charge is 0.300 e. The Kier molecular flexibility index (Phi) is 4.44. The van der Waals surface area contributed by atoms with Gasteiger partial charge in [0.2, 0.25) is 0 Å². The first-order valence-corrected chi connectivity index (χ1v) is 9.55. The molecule has 0 saturated heterocycles. The van der Waals surface area contributed by atoms with Gasteiger partial charge in [-0.25, -0.2) is 9.07 Å². The molecule has 1 aromatic heterocycles. The Morgan fingerprint density at radius 1 is 0.933 bits per heavy atom. The Hall–Kier alpha value is -4.06. The van der Waals surface area contributed by atoms with Crippen LogP contribution in [0.25, 0.3) is 28.7 Å². The third-order valence-corrected chi connectivity index (χ3v) is 4.96. The molecule has 5 nitrogen and oxygen atoms in total. The van der Waals surface area contributed by atoms with E-state index in [2.05, 4.69) is 15.4 Å². The molecule has 6 heteroatoms. The summed E-state index contributed by atoms with van der Waals surface area (Å²) in [6.45, 7) is 0. The van der Waals surface area contributed by atoms with Crippen molar-refractivity contribution in [3.05, 3.63) is 107 Å². The van der Waals surface area contributed by atoms with Gasteiger partial charge in [-0.1, -0.05) is 48.5 Å². The van der Waals surface area contributed by atoms with Gasteiger partial charge in [0.05, 0.1) is 0 Å².